The second kappa shape index (κ2) is 13.1. The predicted molar refractivity (Wildman–Crippen MR) is 152 cm³/mol. The monoisotopic (exact) mass is 575 g/mol. The maximum Gasteiger partial charge on any atom is 0.264 e. The van der Waals surface area contributed by atoms with Gasteiger partial charge in [0.1, 0.15) is 12.6 Å². The molecule has 0 spiro atoms. The molecule has 0 saturated heterocycles. The lowest BCUT2D eigenvalue weighted by Gasteiger charge is -2.32. The Bertz CT molecular complexity index is 1380. The Kier molecular flexibility index (Phi) is 10.2. The van der Waals surface area contributed by atoms with Gasteiger partial charge in [-0.15, -0.1) is 0 Å². The minimum atomic E-state index is -4.16. The number of hydrogen-bond donors (Lipinski definition) is 1. The van der Waals surface area contributed by atoms with Crippen molar-refractivity contribution < 1.29 is 18.0 Å². The summed E-state index contributed by atoms with van der Waals surface area (Å²) >= 11 is 12.5. The fourth-order valence-corrected chi connectivity index (χ4v) is 5.78. The van der Waals surface area contributed by atoms with Crippen molar-refractivity contribution in [2.75, 3.05) is 17.4 Å². The molecule has 0 aliphatic heterocycles. The molecule has 3 rings (SSSR count). The minimum absolute atomic E-state index is 0.0299. The number of nitrogens with zero attached hydrogens (tertiary/aromatic N) is 2. The highest BCUT2D eigenvalue weighted by Gasteiger charge is 2.33. The van der Waals surface area contributed by atoms with Crippen LogP contribution in [-0.2, 0) is 26.2 Å². The van der Waals surface area contributed by atoms with Crippen LogP contribution in [0.4, 0.5) is 5.69 Å². The standard InChI is InChI=1S/C28H31Cl2N3O4S/c1-4-16-31-28(35)21(3)32(18-22-10-8-11-23(29)17-22)27(34)19-33(26-15-9-14-25(30)20(26)2)38(36,37)24-12-6-5-7-13-24/h5-15,17,21H,4,16,18-19H2,1-3H3,(H,31,35)/t21-/m1/s1. The second-order valence-electron chi connectivity index (χ2n) is 8.83. The lowest BCUT2D eigenvalue weighted by Crippen LogP contribution is -2.51. The quantitative estimate of drug-likeness (QED) is 0.330. The molecule has 1 N–H and O–H groups in total. The number of sulfonamides is 1. The molecule has 0 bridgehead atoms. The summed E-state index contributed by atoms with van der Waals surface area (Å²) < 4.78 is 28.7. The number of benzene rings is 3. The molecule has 0 unspecified atom stereocenters. The highest BCUT2D eigenvalue weighted by Crippen LogP contribution is 2.31. The molecule has 0 aromatic heterocycles. The topological polar surface area (TPSA) is 86.8 Å². The highest BCUT2D eigenvalue weighted by molar-refractivity contribution is 7.92. The van der Waals surface area contributed by atoms with Gasteiger partial charge in [-0.25, -0.2) is 8.42 Å². The number of halogens is 2. The summed E-state index contributed by atoms with van der Waals surface area (Å²) in [6.07, 6.45) is 0.734. The van der Waals surface area contributed by atoms with E-state index in [-0.39, 0.29) is 23.0 Å². The zero-order valence-corrected chi connectivity index (χ0v) is 23.9. The first kappa shape index (κ1) is 29.5. The van der Waals surface area contributed by atoms with E-state index in [1.165, 1.54) is 17.0 Å². The van der Waals surface area contributed by atoms with Gasteiger partial charge >= 0.3 is 0 Å². The smallest absolute Gasteiger partial charge is 0.264 e. The molecule has 1 atom stereocenters. The summed E-state index contributed by atoms with van der Waals surface area (Å²) in [6.45, 7) is 5.23. The largest absolute Gasteiger partial charge is 0.354 e. The molecule has 0 aliphatic rings. The molecule has 3 aromatic rings. The van der Waals surface area contributed by atoms with Crippen LogP contribution in [0, 0.1) is 6.92 Å². The molecule has 7 nitrogen and oxygen atoms in total. The molecule has 202 valence electrons. The Morgan fingerprint density at radius 2 is 1.66 bits per heavy atom. The maximum absolute atomic E-state index is 13.9. The lowest BCUT2D eigenvalue weighted by molar-refractivity contribution is -0.139. The first-order chi connectivity index (χ1) is 18.1. The van der Waals surface area contributed by atoms with E-state index in [9.17, 15) is 18.0 Å². The minimum Gasteiger partial charge on any atom is -0.354 e. The number of anilines is 1. The Balaban J connectivity index is 2.05. The van der Waals surface area contributed by atoms with Crippen molar-refractivity contribution in [1.82, 2.24) is 10.2 Å². The average molecular weight is 577 g/mol. The van der Waals surface area contributed by atoms with Gasteiger partial charge in [-0.05, 0) is 67.8 Å². The molecule has 38 heavy (non-hydrogen) atoms. The fourth-order valence-electron chi connectivity index (χ4n) is 3.91. The van der Waals surface area contributed by atoms with Crippen LogP contribution in [0.1, 0.15) is 31.4 Å². The van der Waals surface area contributed by atoms with E-state index in [1.54, 1.807) is 74.5 Å². The van der Waals surface area contributed by atoms with Gasteiger partial charge in [0.25, 0.3) is 10.0 Å². The van der Waals surface area contributed by atoms with Crippen LogP contribution in [0.15, 0.2) is 77.7 Å². The summed E-state index contributed by atoms with van der Waals surface area (Å²) in [6, 6.07) is 18.9. The van der Waals surface area contributed by atoms with Gasteiger partial charge in [0.15, 0.2) is 0 Å². The van der Waals surface area contributed by atoms with Crippen molar-refractivity contribution in [2.45, 2.75) is 44.7 Å². The van der Waals surface area contributed by atoms with Crippen LogP contribution in [0.5, 0.6) is 0 Å². The van der Waals surface area contributed by atoms with Gasteiger partial charge in [0, 0.05) is 23.1 Å². The van der Waals surface area contributed by atoms with Crippen LogP contribution in [0.25, 0.3) is 0 Å². The molecule has 0 fully saturated rings. The average Bonchev–Trinajstić information content (AvgIpc) is 2.90. The van der Waals surface area contributed by atoms with E-state index in [0.717, 1.165) is 10.7 Å². The van der Waals surface area contributed by atoms with E-state index >= 15 is 0 Å². The second-order valence-corrected chi connectivity index (χ2v) is 11.5. The lowest BCUT2D eigenvalue weighted by atomic mass is 10.1. The molecule has 0 radical (unpaired) electrons. The fraction of sp³-hybridized carbons (Fsp3) is 0.286. The van der Waals surface area contributed by atoms with Crippen LogP contribution in [0.3, 0.4) is 0 Å². The van der Waals surface area contributed by atoms with E-state index in [1.807, 2.05) is 6.92 Å². The normalized spacial score (nSPS) is 12.0. The van der Waals surface area contributed by atoms with Gasteiger partial charge in [-0.3, -0.25) is 13.9 Å². The molecular weight excluding hydrogens is 545 g/mol. The van der Waals surface area contributed by atoms with Crippen molar-refractivity contribution in [3.63, 3.8) is 0 Å². The molecule has 0 aliphatic carbocycles. The van der Waals surface area contributed by atoms with Crippen molar-refractivity contribution in [3.8, 4) is 0 Å². The third kappa shape index (κ3) is 7.07. The summed E-state index contributed by atoms with van der Waals surface area (Å²) in [5.74, 6) is -0.887. The van der Waals surface area contributed by atoms with Gasteiger partial charge in [0.2, 0.25) is 11.8 Å². The molecule has 0 heterocycles. The Hall–Kier alpha value is -3.07. The number of nitrogens with one attached hydrogen (secondary N) is 1. The van der Waals surface area contributed by atoms with Crippen molar-refractivity contribution in [3.05, 3.63) is 94.0 Å². The first-order valence-electron chi connectivity index (χ1n) is 12.2. The van der Waals surface area contributed by atoms with Gasteiger partial charge in [-0.2, -0.15) is 0 Å². The van der Waals surface area contributed by atoms with Crippen LogP contribution < -0.4 is 9.62 Å². The Morgan fingerprint density at radius 3 is 2.32 bits per heavy atom. The number of amides is 2. The summed E-state index contributed by atoms with van der Waals surface area (Å²) in [7, 11) is -4.16. The highest BCUT2D eigenvalue weighted by atomic mass is 35.5. The van der Waals surface area contributed by atoms with Crippen molar-refractivity contribution >= 4 is 50.7 Å². The van der Waals surface area contributed by atoms with Crippen LogP contribution in [-0.4, -0.2) is 44.3 Å². The summed E-state index contributed by atoms with van der Waals surface area (Å²) in [5, 5.41) is 3.67. The third-order valence-electron chi connectivity index (χ3n) is 6.08. The summed E-state index contributed by atoms with van der Waals surface area (Å²) in [5.41, 5.74) is 1.49. The van der Waals surface area contributed by atoms with Gasteiger partial charge < -0.3 is 10.2 Å². The van der Waals surface area contributed by atoms with Gasteiger partial charge in [-0.1, -0.05) is 66.5 Å². The molecule has 3 aromatic carbocycles. The third-order valence-corrected chi connectivity index (χ3v) is 8.49. The number of hydrogen-bond acceptors (Lipinski definition) is 4. The zero-order chi connectivity index (χ0) is 27.9. The molecule has 2 amide bonds. The van der Waals surface area contributed by atoms with E-state index in [2.05, 4.69) is 5.32 Å². The van der Waals surface area contributed by atoms with E-state index in [0.29, 0.717) is 27.7 Å². The predicted octanol–water partition coefficient (Wildman–Crippen LogP) is 5.44. The van der Waals surface area contributed by atoms with Gasteiger partial charge in [0.05, 0.1) is 10.6 Å². The number of carbonyl (C=O) groups is 2. The number of rotatable bonds is 11. The first-order valence-corrected chi connectivity index (χ1v) is 14.4. The van der Waals surface area contributed by atoms with Crippen LogP contribution in [0.2, 0.25) is 10.0 Å². The summed E-state index contributed by atoms with van der Waals surface area (Å²) in [4.78, 5) is 28.2. The number of carbonyl (C=O) groups excluding carboxylic acids is 2. The van der Waals surface area contributed by atoms with E-state index < -0.39 is 28.5 Å². The Labute approximate surface area is 234 Å². The Morgan fingerprint density at radius 1 is 0.974 bits per heavy atom. The molecule has 0 saturated carbocycles. The van der Waals surface area contributed by atoms with Crippen LogP contribution >= 0.6 is 23.2 Å². The van der Waals surface area contributed by atoms with Crippen molar-refractivity contribution in [2.24, 2.45) is 0 Å². The maximum atomic E-state index is 13.9. The van der Waals surface area contributed by atoms with E-state index in [4.69, 9.17) is 23.2 Å². The van der Waals surface area contributed by atoms with Crippen molar-refractivity contribution in [1.29, 1.82) is 0 Å². The molecular formula is C28H31Cl2N3O4S. The zero-order valence-electron chi connectivity index (χ0n) is 21.5. The SMILES string of the molecule is CCCNC(=O)[C@@H](C)N(Cc1cccc(Cl)c1)C(=O)CN(c1cccc(Cl)c1C)S(=O)(=O)c1ccccc1. The molecule has 10 heteroatoms.